The Morgan fingerprint density at radius 2 is 1.58 bits per heavy atom. The standard InChI is InChI=1S/C24H28O2/c1-5-17-8-9-18-14-19-10-11-22(16-21(19)15-20(18)13-17)24(2,3)12-6-7-23(25)26-4/h8-11,13-16H,5-7,12H2,1-4H3. The number of hydrogen-bond donors (Lipinski definition) is 0. The molecule has 0 spiro atoms. The smallest absolute Gasteiger partial charge is 0.305 e. The Morgan fingerprint density at radius 3 is 2.27 bits per heavy atom. The molecule has 0 radical (unpaired) electrons. The summed E-state index contributed by atoms with van der Waals surface area (Å²) < 4.78 is 4.75. The quantitative estimate of drug-likeness (QED) is 0.393. The van der Waals surface area contributed by atoms with Crippen LogP contribution in [0.5, 0.6) is 0 Å². The Hall–Kier alpha value is -2.35. The minimum Gasteiger partial charge on any atom is -0.469 e. The van der Waals surface area contributed by atoms with Crippen molar-refractivity contribution in [3.63, 3.8) is 0 Å². The molecule has 26 heavy (non-hydrogen) atoms. The second-order valence-corrected chi connectivity index (χ2v) is 7.76. The third-order valence-electron chi connectivity index (χ3n) is 5.46. The molecule has 2 heteroatoms. The van der Waals surface area contributed by atoms with Crippen LogP contribution < -0.4 is 0 Å². The highest BCUT2D eigenvalue weighted by atomic mass is 16.5. The second kappa shape index (κ2) is 7.49. The lowest BCUT2D eigenvalue weighted by atomic mass is 9.79. The van der Waals surface area contributed by atoms with Crippen LogP contribution >= 0.6 is 0 Å². The highest BCUT2D eigenvalue weighted by Gasteiger charge is 2.21. The van der Waals surface area contributed by atoms with E-state index in [0.717, 1.165) is 19.3 Å². The summed E-state index contributed by atoms with van der Waals surface area (Å²) >= 11 is 0. The third kappa shape index (κ3) is 3.90. The van der Waals surface area contributed by atoms with Gasteiger partial charge in [-0.1, -0.05) is 57.2 Å². The van der Waals surface area contributed by atoms with Crippen molar-refractivity contribution < 1.29 is 9.53 Å². The van der Waals surface area contributed by atoms with Gasteiger partial charge >= 0.3 is 5.97 Å². The SMILES string of the molecule is CCc1ccc2cc3ccc(C(C)(C)CCCC(=O)OC)cc3cc2c1. The molecule has 0 heterocycles. The number of methoxy groups -OCH3 is 1. The van der Waals surface area contributed by atoms with Crippen molar-refractivity contribution in [1.29, 1.82) is 0 Å². The van der Waals surface area contributed by atoms with Gasteiger partial charge in [0.05, 0.1) is 7.11 Å². The van der Waals surface area contributed by atoms with Gasteiger partial charge in [-0.3, -0.25) is 4.79 Å². The predicted octanol–water partition coefficient (Wildman–Crippen LogP) is 6.18. The summed E-state index contributed by atoms with van der Waals surface area (Å²) in [7, 11) is 1.45. The number of esters is 1. The molecule has 0 bridgehead atoms. The monoisotopic (exact) mass is 348 g/mol. The molecule has 3 aromatic rings. The van der Waals surface area contributed by atoms with Gasteiger partial charge in [-0.15, -0.1) is 0 Å². The van der Waals surface area contributed by atoms with Crippen LogP contribution in [0.4, 0.5) is 0 Å². The largest absolute Gasteiger partial charge is 0.469 e. The first-order chi connectivity index (χ1) is 12.4. The van der Waals surface area contributed by atoms with Crippen LogP contribution in [-0.2, 0) is 21.4 Å². The zero-order chi connectivity index (χ0) is 18.7. The van der Waals surface area contributed by atoms with Crippen molar-refractivity contribution in [2.45, 2.75) is 51.9 Å². The van der Waals surface area contributed by atoms with E-state index in [9.17, 15) is 4.79 Å². The fourth-order valence-electron chi connectivity index (χ4n) is 3.61. The molecule has 0 saturated carbocycles. The minimum absolute atomic E-state index is 0.0302. The van der Waals surface area contributed by atoms with Crippen LogP contribution in [0.3, 0.4) is 0 Å². The molecule has 0 aliphatic heterocycles. The van der Waals surface area contributed by atoms with Crippen molar-refractivity contribution in [1.82, 2.24) is 0 Å². The highest BCUT2D eigenvalue weighted by molar-refractivity contribution is 5.98. The summed E-state index contributed by atoms with van der Waals surface area (Å²) in [5.41, 5.74) is 2.72. The maximum absolute atomic E-state index is 11.4. The lowest BCUT2D eigenvalue weighted by Gasteiger charge is -2.25. The zero-order valence-corrected chi connectivity index (χ0v) is 16.3. The summed E-state index contributed by atoms with van der Waals surface area (Å²) in [4.78, 5) is 11.4. The van der Waals surface area contributed by atoms with Gasteiger partial charge in [0.15, 0.2) is 0 Å². The van der Waals surface area contributed by atoms with E-state index in [1.54, 1.807) is 0 Å². The van der Waals surface area contributed by atoms with Gasteiger partial charge in [0.1, 0.15) is 0 Å². The fraction of sp³-hybridized carbons (Fsp3) is 0.375. The number of hydrogen-bond acceptors (Lipinski definition) is 2. The van der Waals surface area contributed by atoms with Gasteiger partial charge < -0.3 is 4.74 Å². The molecular weight excluding hydrogens is 320 g/mol. The van der Waals surface area contributed by atoms with Crippen LogP contribution in [0.2, 0.25) is 0 Å². The van der Waals surface area contributed by atoms with Crippen LogP contribution in [-0.4, -0.2) is 13.1 Å². The molecule has 0 aliphatic carbocycles. The number of rotatable bonds is 6. The Bertz CT molecular complexity index is 937. The molecule has 0 saturated heterocycles. The summed E-state index contributed by atoms with van der Waals surface area (Å²) in [5.74, 6) is -0.127. The number of benzene rings is 3. The molecule has 0 aromatic heterocycles. The molecule has 0 atom stereocenters. The molecule has 0 amide bonds. The molecule has 3 aromatic carbocycles. The Labute approximate surface area is 156 Å². The lowest BCUT2D eigenvalue weighted by Crippen LogP contribution is -2.17. The van der Waals surface area contributed by atoms with Gasteiger partial charge in [-0.25, -0.2) is 0 Å². The van der Waals surface area contributed by atoms with Crippen molar-refractivity contribution in [2.75, 3.05) is 7.11 Å². The van der Waals surface area contributed by atoms with Crippen molar-refractivity contribution in [3.05, 3.63) is 59.7 Å². The van der Waals surface area contributed by atoms with Crippen LogP contribution in [0.15, 0.2) is 48.5 Å². The van der Waals surface area contributed by atoms with E-state index in [0.29, 0.717) is 6.42 Å². The van der Waals surface area contributed by atoms with Gasteiger partial charge in [0, 0.05) is 6.42 Å². The maximum Gasteiger partial charge on any atom is 0.305 e. The fourth-order valence-corrected chi connectivity index (χ4v) is 3.61. The molecule has 3 rings (SSSR count). The van der Waals surface area contributed by atoms with E-state index in [2.05, 4.69) is 69.3 Å². The normalized spacial score (nSPS) is 11.8. The Morgan fingerprint density at radius 1 is 0.923 bits per heavy atom. The second-order valence-electron chi connectivity index (χ2n) is 7.76. The molecule has 0 unspecified atom stereocenters. The number of fused-ring (bicyclic) bond motifs is 2. The number of aryl methyl sites for hydroxylation is 1. The van der Waals surface area contributed by atoms with Crippen LogP contribution in [0.1, 0.15) is 51.2 Å². The van der Waals surface area contributed by atoms with Crippen molar-refractivity contribution in [2.24, 2.45) is 0 Å². The first-order valence-electron chi connectivity index (χ1n) is 9.47. The van der Waals surface area contributed by atoms with E-state index < -0.39 is 0 Å². The summed E-state index contributed by atoms with van der Waals surface area (Å²) in [5, 5.41) is 5.15. The Kier molecular flexibility index (Phi) is 5.31. The number of carbonyl (C=O) groups is 1. The lowest BCUT2D eigenvalue weighted by molar-refractivity contribution is -0.140. The molecule has 0 aliphatic rings. The van der Waals surface area contributed by atoms with Gasteiger partial charge in [0.25, 0.3) is 0 Å². The van der Waals surface area contributed by atoms with E-state index >= 15 is 0 Å². The summed E-state index contributed by atoms with van der Waals surface area (Å²) in [6.45, 7) is 6.69. The number of ether oxygens (including phenoxy) is 1. The Balaban J connectivity index is 1.91. The third-order valence-corrected chi connectivity index (χ3v) is 5.46. The van der Waals surface area contributed by atoms with Crippen LogP contribution in [0, 0.1) is 0 Å². The maximum atomic E-state index is 11.4. The zero-order valence-electron chi connectivity index (χ0n) is 16.3. The summed E-state index contributed by atoms with van der Waals surface area (Å²) in [6.07, 6.45) is 3.34. The van der Waals surface area contributed by atoms with E-state index in [-0.39, 0.29) is 11.4 Å². The van der Waals surface area contributed by atoms with Gasteiger partial charge in [0.2, 0.25) is 0 Å². The van der Waals surface area contributed by atoms with Gasteiger partial charge in [-0.2, -0.15) is 0 Å². The van der Waals surface area contributed by atoms with E-state index in [1.165, 1.54) is 39.8 Å². The van der Waals surface area contributed by atoms with Gasteiger partial charge in [-0.05, 0) is 69.5 Å². The summed E-state index contributed by atoms with van der Waals surface area (Å²) in [6, 6.07) is 18.1. The molecule has 0 N–H and O–H groups in total. The van der Waals surface area contributed by atoms with Crippen molar-refractivity contribution >= 4 is 27.5 Å². The predicted molar refractivity (Wildman–Crippen MR) is 110 cm³/mol. The highest BCUT2D eigenvalue weighted by Crippen LogP contribution is 2.33. The minimum atomic E-state index is -0.127. The molecule has 0 fully saturated rings. The van der Waals surface area contributed by atoms with E-state index in [4.69, 9.17) is 4.74 Å². The van der Waals surface area contributed by atoms with Crippen LogP contribution in [0.25, 0.3) is 21.5 Å². The van der Waals surface area contributed by atoms with E-state index in [1.807, 2.05) is 0 Å². The molecular formula is C24H28O2. The molecule has 2 nitrogen and oxygen atoms in total. The average molecular weight is 348 g/mol. The topological polar surface area (TPSA) is 26.3 Å². The molecule has 136 valence electrons. The average Bonchev–Trinajstić information content (AvgIpc) is 2.65. The van der Waals surface area contributed by atoms with Crippen molar-refractivity contribution in [3.8, 4) is 0 Å². The number of carbonyl (C=O) groups excluding carboxylic acids is 1. The first kappa shape index (κ1) is 18.4. The first-order valence-corrected chi connectivity index (χ1v) is 9.47.